The number of fused-ring (bicyclic) bond motifs is 1. The van der Waals surface area contributed by atoms with Gasteiger partial charge in [0.15, 0.2) is 0 Å². The molecule has 1 heterocycles. The Hall–Kier alpha value is -0.730. The van der Waals surface area contributed by atoms with Crippen molar-refractivity contribution in [3.63, 3.8) is 0 Å². The summed E-state index contributed by atoms with van der Waals surface area (Å²) in [5.74, 6) is 0.677. The lowest BCUT2D eigenvalue weighted by Crippen LogP contribution is -2.32. The molecular weight excluding hydrogens is 208 g/mol. The maximum Gasteiger partial charge on any atom is 0.0410 e. The predicted octanol–water partition coefficient (Wildman–Crippen LogP) is 2.53. The summed E-state index contributed by atoms with van der Waals surface area (Å²) in [6, 6.07) is 6.08. The largest absolute Gasteiger partial charge is 0.384 e. The van der Waals surface area contributed by atoms with Crippen LogP contribution in [0.25, 0.3) is 0 Å². The van der Waals surface area contributed by atoms with Crippen LogP contribution in [-0.2, 0) is 6.42 Å². The highest BCUT2D eigenvalue weighted by Crippen LogP contribution is 2.27. The van der Waals surface area contributed by atoms with Crippen LogP contribution in [0.5, 0.6) is 0 Å². The summed E-state index contributed by atoms with van der Waals surface area (Å²) in [4.78, 5) is 0. The van der Waals surface area contributed by atoms with Gasteiger partial charge in [-0.15, -0.1) is 0 Å². The molecule has 0 saturated heterocycles. The van der Waals surface area contributed by atoms with Crippen LogP contribution < -0.4 is 10.6 Å². The van der Waals surface area contributed by atoms with Crippen LogP contribution in [0.4, 0.5) is 5.69 Å². The molecule has 1 aromatic rings. The number of benzene rings is 1. The number of rotatable bonds is 3. The molecular formula is C12H17ClN2. The van der Waals surface area contributed by atoms with E-state index < -0.39 is 0 Å². The van der Waals surface area contributed by atoms with Crippen molar-refractivity contribution in [3.8, 4) is 0 Å². The number of halogens is 1. The van der Waals surface area contributed by atoms with Gasteiger partial charge < -0.3 is 10.6 Å². The minimum atomic E-state index is 0.677. The third kappa shape index (κ3) is 2.64. The third-order valence-corrected chi connectivity index (χ3v) is 3.08. The second-order valence-corrected chi connectivity index (χ2v) is 4.50. The summed E-state index contributed by atoms with van der Waals surface area (Å²) in [6.45, 7) is 5.32. The van der Waals surface area contributed by atoms with Crippen LogP contribution >= 0.6 is 11.6 Å². The Morgan fingerprint density at radius 1 is 1.53 bits per heavy atom. The van der Waals surface area contributed by atoms with E-state index in [1.54, 1.807) is 0 Å². The second-order valence-electron chi connectivity index (χ2n) is 4.06. The zero-order chi connectivity index (χ0) is 10.7. The van der Waals surface area contributed by atoms with Crippen LogP contribution in [0.1, 0.15) is 12.5 Å². The molecule has 2 nitrogen and oxygen atoms in total. The Bertz CT molecular complexity index is 338. The molecule has 2 N–H and O–H groups in total. The van der Waals surface area contributed by atoms with Gasteiger partial charge in [0, 0.05) is 17.3 Å². The fraction of sp³-hybridized carbons (Fsp3) is 0.500. The van der Waals surface area contributed by atoms with Gasteiger partial charge in [-0.05, 0) is 49.2 Å². The number of hydrogen-bond donors (Lipinski definition) is 2. The lowest BCUT2D eigenvalue weighted by atomic mass is 9.94. The molecule has 0 radical (unpaired) electrons. The maximum absolute atomic E-state index is 5.99. The van der Waals surface area contributed by atoms with Crippen molar-refractivity contribution in [3.05, 3.63) is 28.8 Å². The maximum atomic E-state index is 5.99. The fourth-order valence-corrected chi connectivity index (χ4v) is 2.23. The third-order valence-electron chi connectivity index (χ3n) is 2.84. The lowest BCUT2D eigenvalue weighted by molar-refractivity contribution is 0.492. The highest BCUT2D eigenvalue weighted by molar-refractivity contribution is 6.30. The summed E-state index contributed by atoms with van der Waals surface area (Å²) in [6.07, 6.45) is 1.12. The van der Waals surface area contributed by atoms with Gasteiger partial charge in [0.05, 0.1) is 0 Å². The van der Waals surface area contributed by atoms with Gasteiger partial charge in [-0.3, -0.25) is 0 Å². The molecule has 2 rings (SSSR count). The summed E-state index contributed by atoms with van der Waals surface area (Å²) in [5.41, 5.74) is 2.59. The summed E-state index contributed by atoms with van der Waals surface area (Å²) in [7, 11) is 0. The Morgan fingerprint density at radius 3 is 3.20 bits per heavy atom. The van der Waals surface area contributed by atoms with Gasteiger partial charge >= 0.3 is 0 Å². The molecule has 0 aromatic heterocycles. The molecule has 1 aliphatic rings. The molecule has 0 fully saturated rings. The first-order valence-electron chi connectivity index (χ1n) is 5.52. The molecule has 0 saturated carbocycles. The molecule has 0 amide bonds. The summed E-state index contributed by atoms with van der Waals surface area (Å²) >= 11 is 5.99. The number of hydrogen-bond acceptors (Lipinski definition) is 2. The van der Waals surface area contributed by atoms with Crippen molar-refractivity contribution in [1.29, 1.82) is 0 Å². The Kier molecular flexibility index (Phi) is 3.49. The minimum absolute atomic E-state index is 0.677. The zero-order valence-corrected chi connectivity index (χ0v) is 9.77. The van der Waals surface area contributed by atoms with Crippen molar-refractivity contribution in [1.82, 2.24) is 5.32 Å². The van der Waals surface area contributed by atoms with Gasteiger partial charge in [-0.2, -0.15) is 0 Å². The topological polar surface area (TPSA) is 24.1 Å². The molecule has 1 aliphatic heterocycles. The highest BCUT2D eigenvalue weighted by atomic mass is 35.5. The van der Waals surface area contributed by atoms with E-state index in [4.69, 9.17) is 11.6 Å². The molecule has 15 heavy (non-hydrogen) atoms. The van der Waals surface area contributed by atoms with E-state index in [1.807, 2.05) is 6.07 Å². The standard InChI is InChI=1S/C12H17ClN2/c1-2-14-7-9-5-10-6-11(13)3-4-12(10)15-8-9/h3-4,6,9,14-15H,2,5,7-8H2,1H3. The molecule has 1 atom stereocenters. The van der Waals surface area contributed by atoms with E-state index in [-0.39, 0.29) is 0 Å². The second kappa shape index (κ2) is 4.86. The Labute approximate surface area is 96.0 Å². The quantitative estimate of drug-likeness (QED) is 0.825. The Morgan fingerprint density at radius 2 is 2.40 bits per heavy atom. The predicted molar refractivity (Wildman–Crippen MR) is 65.7 cm³/mol. The van der Waals surface area contributed by atoms with E-state index in [2.05, 4.69) is 29.7 Å². The average molecular weight is 225 g/mol. The first kappa shape index (κ1) is 10.8. The van der Waals surface area contributed by atoms with E-state index >= 15 is 0 Å². The van der Waals surface area contributed by atoms with Crippen molar-refractivity contribution in [2.75, 3.05) is 25.0 Å². The van der Waals surface area contributed by atoms with Crippen molar-refractivity contribution >= 4 is 17.3 Å². The van der Waals surface area contributed by atoms with Crippen LogP contribution in [0.15, 0.2) is 18.2 Å². The van der Waals surface area contributed by atoms with E-state index in [1.165, 1.54) is 11.3 Å². The minimum Gasteiger partial charge on any atom is -0.384 e. The number of anilines is 1. The lowest BCUT2D eigenvalue weighted by Gasteiger charge is -2.26. The Balaban J connectivity index is 2.05. The van der Waals surface area contributed by atoms with Gasteiger partial charge in [0.1, 0.15) is 0 Å². The molecule has 0 aliphatic carbocycles. The van der Waals surface area contributed by atoms with Crippen molar-refractivity contribution in [2.45, 2.75) is 13.3 Å². The van der Waals surface area contributed by atoms with Gasteiger partial charge in [-0.1, -0.05) is 18.5 Å². The smallest absolute Gasteiger partial charge is 0.0410 e. The van der Waals surface area contributed by atoms with Gasteiger partial charge in [0.2, 0.25) is 0 Å². The fourth-order valence-electron chi connectivity index (χ4n) is 2.03. The summed E-state index contributed by atoms with van der Waals surface area (Å²) in [5, 5.41) is 7.67. The molecule has 0 spiro atoms. The van der Waals surface area contributed by atoms with Crippen LogP contribution in [0, 0.1) is 5.92 Å². The van der Waals surface area contributed by atoms with Gasteiger partial charge in [0.25, 0.3) is 0 Å². The summed E-state index contributed by atoms with van der Waals surface area (Å²) < 4.78 is 0. The van der Waals surface area contributed by atoms with Gasteiger partial charge in [-0.25, -0.2) is 0 Å². The monoisotopic (exact) mass is 224 g/mol. The van der Waals surface area contributed by atoms with Crippen LogP contribution in [0.3, 0.4) is 0 Å². The highest BCUT2D eigenvalue weighted by Gasteiger charge is 2.17. The molecule has 3 heteroatoms. The number of nitrogens with one attached hydrogen (secondary N) is 2. The van der Waals surface area contributed by atoms with Crippen molar-refractivity contribution in [2.24, 2.45) is 5.92 Å². The van der Waals surface area contributed by atoms with Crippen molar-refractivity contribution < 1.29 is 0 Å². The first-order chi connectivity index (χ1) is 7.29. The molecule has 1 aromatic carbocycles. The first-order valence-corrected chi connectivity index (χ1v) is 5.90. The molecule has 0 bridgehead atoms. The molecule has 82 valence electrons. The average Bonchev–Trinajstić information content (AvgIpc) is 2.25. The van der Waals surface area contributed by atoms with Crippen LogP contribution in [0.2, 0.25) is 5.02 Å². The van der Waals surface area contributed by atoms with E-state index in [9.17, 15) is 0 Å². The van der Waals surface area contributed by atoms with Crippen LogP contribution in [-0.4, -0.2) is 19.6 Å². The van der Waals surface area contributed by atoms with E-state index in [0.29, 0.717) is 5.92 Å². The normalized spacial score (nSPS) is 19.5. The van der Waals surface area contributed by atoms with E-state index in [0.717, 1.165) is 31.1 Å². The zero-order valence-electron chi connectivity index (χ0n) is 9.02. The SMILES string of the molecule is CCNCC1CNc2ccc(Cl)cc2C1. The molecule has 1 unspecified atom stereocenters.